The number of halogens is 3. The smallest absolute Gasteiger partial charge is 0.405 e. The molecule has 3 atom stereocenters. The van der Waals surface area contributed by atoms with Gasteiger partial charge in [0.05, 0.1) is 27.8 Å². The fraction of sp³-hybridized carbons (Fsp3) is 0.944. The van der Waals surface area contributed by atoms with E-state index in [0.29, 0.717) is 0 Å². The van der Waals surface area contributed by atoms with E-state index in [0.717, 1.165) is 32.1 Å². The van der Waals surface area contributed by atoms with Crippen molar-refractivity contribution < 1.29 is 26.9 Å². The van der Waals surface area contributed by atoms with Crippen molar-refractivity contribution in [3.8, 4) is 0 Å². The average molecular weight is 400 g/mol. The van der Waals surface area contributed by atoms with Crippen LogP contribution in [0.15, 0.2) is 0 Å². The third kappa shape index (κ3) is 7.55. The highest BCUT2D eigenvalue weighted by Gasteiger charge is 2.50. The second kappa shape index (κ2) is 9.53. The number of carbonyl (C=O) groups is 1. The topological polar surface area (TPSA) is 55.4 Å². The Morgan fingerprint density at radius 1 is 1.15 bits per heavy atom. The van der Waals surface area contributed by atoms with Gasteiger partial charge in [0, 0.05) is 0 Å². The summed E-state index contributed by atoms with van der Waals surface area (Å²) in [4.78, 5) is 12.5. The molecule has 1 aliphatic rings. The molecule has 1 fully saturated rings. The van der Waals surface area contributed by atoms with Crippen LogP contribution in [0.25, 0.3) is 0 Å². The zero-order valence-corrected chi connectivity index (χ0v) is 17.1. The Kier molecular flexibility index (Phi) is 8.58. The molecule has 1 saturated carbocycles. The van der Waals surface area contributed by atoms with Crippen molar-refractivity contribution in [1.29, 1.82) is 0 Å². The van der Waals surface area contributed by atoms with Crippen LogP contribution in [0.2, 0.25) is 0 Å². The van der Waals surface area contributed by atoms with Crippen molar-refractivity contribution in [1.82, 2.24) is 4.72 Å². The molecule has 26 heavy (non-hydrogen) atoms. The molecule has 4 nitrogen and oxygen atoms in total. The van der Waals surface area contributed by atoms with Crippen LogP contribution in [0.1, 0.15) is 73.1 Å². The van der Waals surface area contributed by atoms with Crippen molar-refractivity contribution in [3.63, 3.8) is 0 Å². The fourth-order valence-corrected chi connectivity index (χ4v) is 4.02. The van der Waals surface area contributed by atoms with Crippen LogP contribution in [-0.2, 0) is 20.5 Å². The highest BCUT2D eigenvalue weighted by Crippen LogP contribution is 2.36. The molecular formula is C18H32F3NO3S. The molecule has 0 bridgehead atoms. The first-order valence-electron chi connectivity index (χ1n) is 9.27. The Morgan fingerprint density at radius 3 is 2.12 bits per heavy atom. The number of hydrogen-bond acceptors (Lipinski definition) is 3. The maximum absolute atomic E-state index is 13.8. The maximum atomic E-state index is 13.8. The second-order valence-electron chi connectivity index (χ2n) is 8.35. The van der Waals surface area contributed by atoms with E-state index in [4.69, 9.17) is 4.74 Å². The lowest BCUT2D eigenvalue weighted by atomic mass is 9.80. The summed E-state index contributed by atoms with van der Waals surface area (Å²) in [6.45, 7) is 7.99. The van der Waals surface area contributed by atoms with E-state index >= 15 is 0 Å². The Balaban J connectivity index is 3.09. The van der Waals surface area contributed by atoms with Crippen molar-refractivity contribution >= 4 is 17.0 Å². The number of hydrogen-bond donors (Lipinski definition) is 1. The monoisotopic (exact) mass is 399 g/mol. The fourth-order valence-electron chi connectivity index (χ4n) is 3.14. The molecule has 0 saturated heterocycles. The van der Waals surface area contributed by atoms with Gasteiger partial charge in [0.1, 0.15) is 6.04 Å². The van der Waals surface area contributed by atoms with Crippen LogP contribution >= 0.6 is 0 Å². The summed E-state index contributed by atoms with van der Waals surface area (Å²) < 4.78 is 60.0. The van der Waals surface area contributed by atoms with Gasteiger partial charge in [-0.05, 0) is 47.0 Å². The van der Waals surface area contributed by atoms with Gasteiger partial charge >= 0.3 is 12.1 Å². The van der Waals surface area contributed by atoms with E-state index in [1.807, 2.05) is 0 Å². The van der Waals surface area contributed by atoms with Crippen molar-refractivity contribution in [3.05, 3.63) is 0 Å². The maximum Gasteiger partial charge on any atom is 0.405 e. The molecule has 0 aromatic rings. The lowest BCUT2D eigenvalue weighted by Crippen LogP contribution is -2.54. The molecule has 1 rings (SSSR count). The summed E-state index contributed by atoms with van der Waals surface area (Å²) in [5, 5.41) is 0. The lowest BCUT2D eigenvalue weighted by Gasteiger charge is -2.33. The van der Waals surface area contributed by atoms with Crippen LogP contribution in [0, 0.1) is 11.8 Å². The number of nitrogens with one attached hydrogen (secondary N) is 1. The van der Waals surface area contributed by atoms with Gasteiger partial charge in [-0.25, -0.2) is 8.93 Å². The van der Waals surface area contributed by atoms with E-state index in [9.17, 15) is 22.2 Å². The normalized spacial score (nSPS) is 20.7. The molecule has 0 amide bonds. The highest BCUT2D eigenvalue weighted by molar-refractivity contribution is 7.84. The first kappa shape index (κ1) is 23.4. The lowest BCUT2D eigenvalue weighted by molar-refractivity contribution is -0.182. The van der Waals surface area contributed by atoms with Gasteiger partial charge in [0.25, 0.3) is 0 Å². The quantitative estimate of drug-likeness (QED) is 0.641. The summed E-state index contributed by atoms with van der Waals surface area (Å²) in [5.41, 5.74) is 0. The number of esters is 1. The van der Waals surface area contributed by atoms with Crippen LogP contribution in [0.5, 0.6) is 0 Å². The number of carbonyl (C=O) groups excluding carboxylic acids is 1. The second-order valence-corrected chi connectivity index (χ2v) is 10.3. The van der Waals surface area contributed by atoms with Crippen LogP contribution in [0.4, 0.5) is 13.2 Å². The first-order valence-corrected chi connectivity index (χ1v) is 10.4. The summed E-state index contributed by atoms with van der Waals surface area (Å²) in [7, 11) is -1.95. The van der Waals surface area contributed by atoms with Crippen molar-refractivity contribution in [2.24, 2.45) is 11.8 Å². The van der Waals surface area contributed by atoms with E-state index in [1.54, 1.807) is 34.6 Å². The molecule has 1 N–H and O–H groups in total. The number of rotatable bonds is 7. The minimum atomic E-state index is -4.70. The van der Waals surface area contributed by atoms with E-state index in [-0.39, 0.29) is 12.3 Å². The van der Waals surface area contributed by atoms with Crippen molar-refractivity contribution in [2.75, 3.05) is 0 Å². The summed E-state index contributed by atoms with van der Waals surface area (Å²) in [6, 6.07) is -2.18. The molecule has 0 spiro atoms. The van der Waals surface area contributed by atoms with Gasteiger partial charge in [-0.1, -0.05) is 32.1 Å². The molecule has 154 valence electrons. The van der Waals surface area contributed by atoms with Gasteiger partial charge < -0.3 is 4.74 Å². The molecule has 8 heteroatoms. The first-order chi connectivity index (χ1) is 11.8. The predicted molar refractivity (Wildman–Crippen MR) is 96.8 cm³/mol. The summed E-state index contributed by atoms with van der Waals surface area (Å²) in [5.74, 6) is -2.21. The molecule has 0 unspecified atom stereocenters. The Hall–Kier alpha value is -0.630. The summed E-state index contributed by atoms with van der Waals surface area (Å²) >= 11 is 0. The zero-order valence-electron chi connectivity index (χ0n) is 16.3. The van der Waals surface area contributed by atoms with Gasteiger partial charge in [0.2, 0.25) is 0 Å². The van der Waals surface area contributed by atoms with Gasteiger partial charge in [-0.2, -0.15) is 13.2 Å². The van der Waals surface area contributed by atoms with Crippen molar-refractivity contribution in [2.45, 2.75) is 96.2 Å². The molecule has 0 heterocycles. The standard InChI is InChI=1S/C18H32F3NO3S/c1-12(2)25-16(23)14(11-13-9-7-6-8-10-13)15(18(19,20)21)22-26(24)17(3,4)5/h12-15,22H,6-11H2,1-5H3/t14-,15-,26-/m1/s1. The Morgan fingerprint density at radius 2 is 1.69 bits per heavy atom. The van der Waals surface area contributed by atoms with Gasteiger partial charge in [0.15, 0.2) is 0 Å². The molecule has 0 aliphatic heterocycles. The van der Waals surface area contributed by atoms with Gasteiger partial charge in [-0.15, -0.1) is 0 Å². The third-order valence-corrected chi connectivity index (χ3v) is 6.09. The molecular weight excluding hydrogens is 367 g/mol. The third-order valence-electron chi connectivity index (χ3n) is 4.51. The Labute approximate surface area is 157 Å². The molecule has 1 aliphatic carbocycles. The Bertz CT molecular complexity index is 483. The van der Waals surface area contributed by atoms with Gasteiger partial charge in [-0.3, -0.25) is 4.79 Å². The minimum Gasteiger partial charge on any atom is -0.463 e. The number of alkyl halides is 3. The SMILES string of the molecule is CC(C)OC(=O)[C@H](CC1CCCCC1)[C@@H](N[S@](=O)C(C)(C)C)C(F)(F)F. The van der Waals surface area contributed by atoms with Crippen LogP contribution in [-0.4, -0.2) is 33.2 Å². The van der Waals surface area contributed by atoms with E-state index in [1.165, 1.54) is 0 Å². The number of ether oxygens (including phenoxy) is 1. The van der Waals surface area contributed by atoms with Crippen LogP contribution in [0.3, 0.4) is 0 Å². The predicted octanol–water partition coefficient (Wildman–Crippen LogP) is 4.51. The van der Waals surface area contributed by atoms with E-state index in [2.05, 4.69) is 4.72 Å². The van der Waals surface area contributed by atoms with Crippen LogP contribution < -0.4 is 4.72 Å². The highest BCUT2D eigenvalue weighted by atomic mass is 32.2. The average Bonchev–Trinajstić information content (AvgIpc) is 2.48. The molecule has 0 radical (unpaired) electrons. The largest absolute Gasteiger partial charge is 0.463 e. The van der Waals surface area contributed by atoms with E-state index < -0.39 is 45.9 Å². The zero-order chi connectivity index (χ0) is 20.1. The molecule has 0 aromatic heterocycles. The minimum absolute atomic E-state index is 0.0585. The summed E-state index contributed by atoms with van der Waals surface area (Å²) in [6.07, 6.45) is -0.453. The molecule has 0 aromatic carbocycles.